The highest BCUT2D eigenvalue weighted by Gasteiger charge is 2.19. The largest absolute Gasteiger partial charge is 0.462 e. The molecule has 6 nitrogen and oxygen atoms in total. The molecule has 0 spiro atoms. The summed E-state index contributed by atoms with van der Waals surface area (Å²) in [5.41, 5.74) is 0. The van der Waals surface area contributed by atoms with Gasteiger partial charge < -0.3 is 14.2 Å². The molecule has 0 bridgehead atoms. The van der Waals surface area contributed by atoms with E-state index in [1.165, 1.54) is 109 Å². The molecule has 0 saturated carbocycles. The maximum Gasteiger partial charge on any atom is 0.306 e. The van der Waals surface area contributed by atoms with Gasteiger partial charge in [0.05, 0.1) is 0 Å². The monoisotopic (exact) mass is 1120 g/mol. The van der Waals surface area contributed by atoms with E-state index in [0.29, 0.717) is 19.3 Å². The van der Waals surface area contributed by atoms with Gasteiger partial charge in [-0.1, -0.05) is 283 Å². The Morgan fingerprint density at radius 2 is 0.494 bits per heavy atom. The molecule has 0 amide bonds. The number of ether oxygens (including phenoxy) is 3. The van der Waals surface area contributed by atoms with Crippen molar-refractivity contribution in [3.8, 4) is 0 Å². The third-order valence-electron chi connectivity index (χ3n) is 14.1. The number of carbonyl (C=O) groups is 3. The molecule has 0 aromatic rings. The standard InChI is InChI=1S/C75H124O6/c1-4-7-10-13-16-19-22-25-28-30-31-32-33-34-35-36-37-38-39-40-41-42-43-44-45-46-48-50-53-56-59-62-65-68-74(77)80-71-72(70-79-73(76)67-64-61-58-55-52-49-27-24-21-18-15-12-9-6-3)81-75(78)69-66-63-60-57-54-51-47-29-26-23-20-17-14-11-8-5-2/h7,10,15-16,18-20,23-25,27-29,31-32,34-35,37-38,40-41,47,72H,4-6,8-9,11-14,17,21-22,26,30,33,36,39,42-46,48-71H2,1-3H3/b10-7-,18-15-,19-16-,23-20-,27-24-,28-25-,32-31-,35-34-,38-37-,41-40-,47-29-. The van der Waals surface area contributed by atoms with E-state index in [4.69, 9.17) is 14.2 Å². The highest BCUT2D eigenvalue weighted by molar-refractivity contribution is 5.71. The van der Waals surface area contributed by atoms with Gasteiger partial charge in [-0.3, -0.25) is 14.4 Å². The van der Waals surface area contributed by atoms with Crippen molar-refractivity contribution < 1.29 is 28.6 Å². The molecular weight excluding hydrogens is 997 g/mol. The van der Waals surface area contributed by atoms with E-state index in [9.17, 15) is 14.4 Å². The van der Waals surface area contributed by atoms with Gasteiger partial charge in [-0.15, -0.1) is 0 Å². The lowest BCUT2D eigenvalue weighted by molar-refractivity contribution is -0.167. The summed E-state index contributed by atoms with van der Waals surface area (Å²) in [5, 5.41) is 0. The zero-order valence-electron chi connectivity index (χ0n) is 52.8. The quantitative estimate of drug-likeness (QED) is 0.0261. The Labute approximate surface area is 500 Å². The molecule has 0 aliphatic heterocycles. The van der Waals surface area contributed by atoms with Crippen molar-refractivity contribution in [1.29, 1.82) is 0 Å². The van der Waals surface area contributed by atoms with Crippen molar-refractivity contribution in [3.63, 3.8) is 0 Å². The Hall–Kier alpha value is -4.45. The van der Waals surface area contributed by atoms with Crippen LogP contribution in [0.1, 0.15) is 303 Å². The van der Waals surface area contributed by atoms with Crippen LogP contribution in [-0.2, 0) is 28.6 Å². The minimum absolute atomic E-state index is 0.0918. The Bertz CT molecular complexity index is 1720. The topological polar surface area (TPSA) is 78.9 Å². The highest BCUT2D eigenvalue weighted by atomic mass is 16.6. The summed E-state index contributed by atoms with van der Waals surface area (Å²) in [7, 11) is 0. The second kappa shape index (κ2) is 68.1. The number of hydrogen-bond donors (Lipinski definition) is 0. The summed E-state index contributed by atoms with van der Waals surface area (Å²) in [5.74, 6) is -0.918. The van der Waals surface area contributed by atoms with Crippen LogP contribution in [0.5, 0.6) is 0 Å². The van der Waals surface area contributed by atoms with Gasteiger partial charge in [-0.25, -0.2) is 0 Å². The molecule has 0 aliphatic carbocycles. The van der Waals surface area contributed by atoms with Gasteiger partial charge in [-0.05, 0) is 135 Å². The fourth-order valence-corrected chi connectivity index (χ4v) is 9.06. The molecule has 460 valence electrons. The van der Waals surface area contributed by atoms with Gasteiger partial charge in [0.25, 0.3) is 0 Å². The molecule has 0 fully saturated rings. The van der Waals surface area contributed by atoms with Gasteiger partial charge in [0, 0.05) is 19.3 Å². The second-order valence-electron chi connectivity index (χ2n) is 22.0. The van der Waals surface area contributed by atoms with Crippen LogP contribution in [0.2, 0.25) is 0 Å². The van der Waals surface area contributed by atoms with E-state index in [0.717, 1.165) is 154 Å². The van der Waals surface area contributed by atoms with Crippen LogP contribution in [0.25, 0.3) is 0 Å². The van der Waals surface area contributed by atoms with Gasteiger partial charge in [0.2, 0.25) is 0 Å². The van der Waals surface area contributed by atoms with E-state index < -0.39 is 6.10 Å². The highest BCUT2D eigenvalue weighted by Crippen LogP contribution is 2.15. The number of rotatable bonds is 60. The Morgan fingerprint density at radius 1 is 0.259 bits per heavy atom. The molecule has 0 aliphatic rings. The molecular formula is C75H124O6. The smallest absolute Gasteiger partial charge is 0.306 e. The van der Waals surface area contributed by atoms with Gasteiger partial charge in [0.1, 0.15) is 13.2 Å². The van der Waals surface area contributed by atoms with Crippen molar-refractivity contribution in [3.05, 3.63) is 134 Å². The Balaban J connectivity index is 4.28. The molecule has 0 saturated heterocycles. The van der Waals surface area contributed by atoms with Gasteiger partial charge in [0.15, 0.2) is 6.10 Å². The fourth-order valence-electron chi connectivity index (χ4n) is 9.06. The summed E-state index contributed by atoms with van der Waals surface area (Å²) in [6.45, 7) is 6.45. The lowest BCUT2D eigenvalue weighted by Crippen LogP contribution is -2.30. The van der Waals surface area contributed by atoms with Crippen LogP contribution in [0, 0.1) is 0 Å². The molecule has 0 rings (SSSR count). The molecule has 0 radical (unpaired) electrons. The molecule has 6 heteroatoms. The van der Waals surface area contributed by atoms with E-state index in [1.54, 1.807) is 0 Å². The molecule has 0 aromatic heterocycles. The zero-order chi connectivity index (χ0) is 58.5. The summed E-state index contributed by atoms with van der Waals surface area (Å²) < 4.78 is 16.9. The predicted molar refractivity (Wildman–Crippen MR) is 353 cm³/mol. The molecule has 81 heavy (non-hydrogen) atoms. The first-order valence-electron chi connectivity index (χ1n) is 33.7. The van der Waals surface area contributed by atoms with Crippen LogP contribution >= 0.6 is 0 Å². The summed E-state index contributed by atoms with van der Waals surface area (Å²) in [6, 6.07) is 0. The summed E-state index contributed by atoms with van der Waals surface area (Å²) in [6.07, 6.45) is 96.1. The van der Waals surface area contributed by atoms with Crippen molar-refractivity contribution in [2.45, 2.75) is 309 Å². The molecule has 0 N–H and O–H groups in total. The number of allylic oxidation sites excluding steroid dienone is 22. The molecule has 1 unspecified atom stereocenters. The number of carbonyl (C=O) groups excluding carboxylic acids is 3. The normalized spacial score (nSPS) is 13.0. The Kier molecular flexibility index (Phi) is 64.3. The minimum Gasteiger partial charge on any atom is -0.462 e. The first-order valence-corrected chi connectivity index (χ1v) is 33.7. The lowest BCUT2D eigenvalue weighted by atomic mass is 10.0. The molecule has 0 aromatic carbocycles. The molecule has 0 heterocycles. The second-order valence-corrected chi connectivity index (χ2v) is 22.0. The number of unbranched alkanes of at least 4 members (excludes halogenated alkanes) is 27. The Morgan fingerprint density at radius 3 is 0.790 bits per heavy atom. The average Bonchev–Trinajstić information content (AvgIpc) is 3.47. The van der Waals surface area contributed by atoms with Gasteiger partial charge in [-0.2, -0.15) is 0 Å². The third-order valence-corrected chi connectivity index (χ3v) is 14.1. The van der Waals surface area contributed by atoms with Crippen molar-refractivity contribution in [2.24, 2.45) is 0 Å². The van der Waals surface area contributed by atoms with Crippen LogP contribution in [0.15, 0.2) is 134 Å². The SMILES string of the molecule is CC/C=C\C/C=C\C/C=C\C/C=C\C/C=C\C/C=C\C/C=C\CCCCCCCCCCCCCC(=O)OCC(COC(=O)CCCCCCC/C=C\C/C=C\CCCC)OC(=O)CCCCCCC/C=C\C/C=C\CCCCCC. The van der Waals surface area contributed by atoms with E-state index in [2.05, 4.69) is 154 Å². The third kappa shape index (κ3) is 66.2. The minimum atomic E-state index is -0.797. The van der Waals surface area contributed by atoms with Crippen molar-refractivity contribution in [1.82, 2.24) is 0 Å². The van der Waals surface area contributed by atoms with Crippen LogP contribution < -0.4 is 0 Å². The van der Waals surface area contributed by atoms with Gasteiger partial charge >= 0.3 is 17.9 Å². The number of hydrogen-bond acceptors (Lipinski definition) is 6. The van der Waals surface area contributed by atoms with E-state index in [1.807, 2.05) is 0 Å². The maximum atomic E-state index is 12.9. The fraction of sp³-hybridized carbons (Fsp3) is 0.667. The van der Waals surface area contributed by atoms with Crippen molar-refractivity contribution >= 4 is 17.9 Å². The number of esters is 3. The van der Waals surface area contributed by atoms with Crippen LogP contribution in [0.3, 0.4) is 0 Å². The first kappa shape index (κ1) is 76.5. The van der Waals surface area contributed by atoms with Crippen molar-refractivity contribution in [2.75, 3.05) is 13.2 Å². The lowest BCUT2D eigenvalue weighted by Gasteiger charge is -2.18. The zero-order valence-corrected chi connectivity index (χ0v) is 52.8. The van der Waals surface area contributed by atoms with Crippen LogP contribution in [0.4, 0.5) is 0 Å². The first-order chi connectivity index (χ1) is 40.0. The summed E-state index contributed by atoms with van der Waals surface area (Å²) >= 11 is 0. The van der Waals surface area contributed by atoms with E-state index in [-0.39, 0.29) is 31.1 Å². The predicted octanol–water partition coefficient (Wildman–Crippen LogP) is 23.3. The van der Waals surface area contributed by atoms with Crippen LogP contribution in [-0.4, -0.2) is 37.2 Å². The summed E-state index contributed by atoms with van der Waals surface area (Å²) in [4.78, 5) is 38.3. The van der Waals surface area contributed by atoms with E-state index >= 15 is 0 Å². The molecule has 1 atom stereocenters. The average molecular weight is 1120 g/mol. The maximum absolute atomic E-state index is 12.9.